The molecule has 0 radical (unpaired) electrons. The predicted octanol–water partition coefficient (Wildman–Crippen LogP) is 2.58. The van der Waals surface area contributed by atoms with Crippen molar-refractivity contribution in [2.75, 3.05) is 0 Å². The van der Waals surface area contributed by atoms with Crippen molar-refractivity contribution < 1.29 is 19.1 Å². The number of imide groups is 1. The molecule has 2 fully saturated rings. The van der Waals surface area contributed by atoms with E-state index in [2.05, 4.69) is 27.9 Å². The van der Waals surface area contributed by atoms with Gasteiger partial charge in [0.2, 0.25) is 11.8 Å². The first-order valence-corrected chi connectivity index (χ1v) is 12.6. The van der Waals surface area contributed by atoms with Crippen molar-refractivity contribution in [2.45, 2.75) is 69.8 Å². The molecular formula is C27H29N5O4. The van der Waals surface area contributed by atoms with Crippen molar-refractivity contribution >= 4 is 23.2 Å². The molecule has 9 heteroatoms. The minimum atomic E-state index is -0.611. The lowest BCUT2D eigenvalue weighted by Crippen LogP contribution is -2.52. The third-order valence-corrected chi connectivity index (χ3v) is 7.51. The zero-order chi connectivity index (χ0) is 24.6. The van der Waals surface area contributed by atoms with Crippen LogP contribution < -0.4 is 15.4 Å². The fourth-order valence-electron chi connectivity index (χ4n) is 5.58. The molecule has 6 rings (SSSR count). The van der Waals surface area contributed by atoms with Gasteiger partial charge in [0.25, 0.3) is 5.91 Å². The molecule has 1 aliphatic carbocycles. The Hall–Kier alpha value is -3.72. The van der Waals surface area contributed by atoms with Gasteiger partial charge in [-0.15, -0.1) is 0 Å². The van der Waals surface area contributed by atoms with Crippen molar-refractivity contribution in [1.82, 2.24) is 25.1 Å². The summed E-state index contributed by atoms with van der Waals surface area (Å²) in [5.74, 6) is -0.110. The second kappa shape index (κ2) is 9.39. The minimum Gasteiger partial charge on any atom is -0.489 e. The smallest absolute Gasteiger partial charge is 0.255 e. The highest BCUT2D eigenvalue weighted by Crippen LogP contribution is 2.32. The third-order valence-electron chi connectivity index (χ3n) is 7.51. The number of hydrogen-bond donors (Lipinski definition) is 2. The monoisotopic (exact) mass is 487 g/mol. The highest BCUT2D eigenvalue weighted by molar-refractivity contribution is 6.05. The number of fused-ring (bicyclic) bond motifs is 2. The third kappa shape index (κ3) is 4.35. The zero-order valence-electron chi connectivity index (χ0n) is 20.0. The molecule has 0 bridgehead atoms. The van der Waals surface area contributed by atoms with Crippen molar-refractivity contribution in [1.29, 1.82) is 0 Å². The number of benzene rings is 1. The number of piperidine rings is 1. The van der Waals surface area contributed by atoms with E-state index in [-0.39, 0.29) is 30.4 Å². The molecule has 3 amide bonds. The summed E-state index contributed by atoms with van der Waals surface area (Å²) in [6.07, 6.45) is 8.78. The Morgan fingerprint density at radius 3 is 2.83 bits per heavy atom. The van der Waals surface area contributed by atoms with E-state index in [0.717, 1.165) is 49.1 Å². The summed E-state index contributed by atoms with van der Waals surface area (Å²) in [4.78, 5) is 38.3. The second-order valence-electron chi connectivity index (χ2n) is 9.89. The van der Waals surface area contributed by atoms with E-state index in [4.69, 9.17) is 4.74 Å². The van der Waals surface area contributed by atoms with Crippen LogP contribution in [0.1, 0.15) is 60.0 Å². The Morgan fingerprint density at radius 2 is 1.94 bits per heavy atom. The van der Waals surface area contributed by atoms with Gasteiger partial charge >= 0.3 is 0 Å². The summed E-state index contributed by atoms with van der Waals surface area (Å²) >= 11 is 0. The molecule has 1 unspecified atom stereocenters. The molecule has 2 aliphatic heterocycles. The number of nitrogens with one attached hydrogen (secondary N) is 2. The average Bonchev–Trinajstić information content (AvgIpc) is 3.47. The first-order valence-electron chi connectivity index (χ1n) is 12.6. The molecule has 2 N–H and O–H groups in total. The van der Waals surface area contributed by atoms with Gasteiger partial charge in [-0.1, -0.05) is 12.5 Å². The van der Waals surface area contributed by atoms with E-state index in [0.29, 0.717) is 18.5 Å². The molecule has 4 heterocycles. The van der Waals surface area contributed by atoms with E-state index in [1.807, 2.05) is 28.9 Å². The molecule has 1 aromatic carbocycles. The maximum atomic E-state index is 13.0. The van der Waals surface area contributed by atoms with Crippen molar-refractivity contribution in [3.63, 3.8) is 0 Å². The number of aromatic nitrogens is 2. The van der Waals surface area contributed by atoms with Gasteiger partial charge in [0.05, 0.1) is 5.52 Å². The molecule has 9 nitrogen and oxygen atoms in total. The van der Waals surface area contributed by atoms with E-state index < -0.39 is 11.9 Å². The largest absolute Gasteiger partial charge is 0.489 e. The summed E-state index contributed by atoms with van der Waals surface area (Å²) < 4.78 is 8.34. The van der Waals surface area contributed by atoms with Crippen LogP contribution in [0.25, 0.3) is 5.52 Å². The fourth-order valence-corrected chi connectivity index (χ4v) is 5.58. The van der Waals surface area contributed by atoms with Gasteiger partial charge in [-0.2, -0.15) is 5.10 Å². The predicted molar refractivity (Wildman–Crippen MR) is 131 cm³/mol. The number of pyridine rings is 1. The lowest BCUT2D eigenvalue weighted by molar-refractivity contribution is -0.136. The molecule has 1 saturated heterocycles. The quantitative estimate of drug-likeness (QED) is 0.518. The Balaban J connectivity index is 1.12. The summed E-state index contributed by atoms with van der Waals surface area (Å²) in [6, 6.07) is 11.4. The van der Waals surface area contributed by atoms with Gasteiger partial charge in [-0.25, -0.2) is 4.52 Å². The maximum Gasteiger partial charge on any atom is 0.255 e. The SMILES string of the molecule is O=C1CCC(N2Cc3cc(O[C@@H]4CCCC[C@H]4NCc4ccc5ccnn5c4)ccc3C2=O)C(=O)N1. The molecule has 36 heavy (non-hydrogen) atoms. The summed E-state index contributed by atoms with van der Waals surface area (Å²) in [7, 11) is 0. The maximum absolute atomic E-state index is 13.0. The van der Waals surface area contributed by atoms with Gasteiger partial charge < -0.3 is 15.0 Å². The highest BCUT2D eigenvalue weighted by atomic mass is 16.5. The fraction of sp³-hybridized carbons (Fsp3) is 0.407. The number of nitrogens with zero attached hydrogens (tertiary/aromatic N) is 3. The molecular weight excluding hydrogens is 458 g/mol. The van der Waals surface area contributed by atoms with Crippen LogP contribution in [0.5, 0.6) is 5.75 Å². The van der Waals surface area contributed by atoms with Gasteiger partial charge in [0.1, 0.15) is 17.9 Å². The van der Waals surface area contributed by atoms with Crippen molar-refractivity contribution in [3.8, 4) is 5.75 Å². The first-order chi connectivity index (χ1) is 17.5. The summed E-state index contributed by atoms with van der Waals surface area (Å²) in [6.45, 7) is 1.08. The first kappa shape index (κ1) is 22.7. The number of rotatable bonds is 6. The zero-order valence-corrected chi connectivity index (χ0v) is 20.0. The molecule has 3 atom stereocenters. The summed E-state index contributed by atoms with van der Waals surface area (Å²) in [5.41, 5.74) is 3.69. The average molecular weight is 488 g/mol. The Labute approximate surface area is 208 Å². The van der Waals surface area contributed by atoms with Crippen molar-refractivity contribution in [3.05, 3.63) is 65.5 Å². The van der Waals surface area contributed by atoms with Crippen LogP contribution in [0.2, 0.25) is 0 Å². The molecule has 2 aromatic heterocycles. The lowest BCUT2D eigenvalue weighted by atomic mass is 9.92. The second-order valence-corrected chi connectivity index (χ2v) is 9.89. The van der Waals surface area contributed by atoms with Crippen LogP contribution in [0.3, 0.4) is 0 Å². The standard InChI is InChI=1S/C27H29N5O4/c33-25-10-9-23(26(34)30-25)31-16-18-13-20(7-8-21(18)27(31)35)36-24-4-2-1-3-22(24)28-14-17-5-6-19-11-12-29-32(19)15-17/h5-8,11-13,15,22-24,28H,1-4,9-10,14,16H2,(H,30,33,34)/t22-,23?,24-/m1/s1. The van der Waals surface area contributed by atoms with Crippen LogP contribution in [-0.4, -0.2) is 50.4 Å². The Morgan fingerprint density at radius 1 is 1.06 bits per heavy atom. The van der Waals surface area contributed by atoms with E-state index in [1.165, 1.54) is 5.56 Å². The van der Waals surface area contributed by atoms with Gasteiger partial charge in [-0.3, -0.25) is 19.7 Å². The van der Waals surface area contributed by atoms with Crippen LogP contribution in [0.4, 0.5) is 0 Å². The minimum absolute atomic E-state index is 0.0357. The van der Waals surface area contributed by atoms with E-state index in [9.17, 15) is 14.4 Å². The molecule has 3 aromatic rings. The number of hydrogen-bond acceptors (Lipinski definition) is 6. The summed E-state index contributed by atoms with van der Waals surface area (Å²) in [5, 5.41) is 10.4. The van der Waals surface area contributed by atoms with Crippen LogP contribution in [0, 0.1) is 0 Å². The van der Waals surface area contributed by atoms with Crippen LogP contribution in [-0.2, 0) is 22.7 Å². The van der Waals surface area contributed by atoms with E-state index in [1.54, 1.807) is 17.2 Å². The molecule has 1 saturated carbocycles. The molecule has 0 spiro atoms. The van der Waals surface area contributed by atoms with Gasteiger partial charge in [0.15, 0.2) is 0 Å². The van der Waals surface area contributed by atoms with Gasteiger partial charge in [-0.05, 0) is 67.1 Å². The van der Waals surface area contributed by atoms with Crippen LogP contribution in [0.15, 0.2) is 48.8 Å². The van der Waals surface area contributed by atoms with Crippen molar-refractivity contribution in [2.24, 2.45) is 0 Å². The Kier molecular flexibility index (Phi) is 5.92. The Bertz CT molecular complexity index is 1330. The van der Waals surface area contributed by atoms with Crippen LogP contribution >= 0.6 is 0 Å². The normalized spacial score (nSPS) is 24.2. The van der Waals surface area contributed by atoms with Gasteiger partial charge in [0, 0.05) is 43.5 Å². The highest BCUT2D eigenvalue weighted by Gasteiger charge is 2.39. The molecule has 186 valence electrons. The number of amides is 3. The van der Waals surface area contributed by atoms with E-state index >= 15 is 0 Å². The number of ether oxygens (including phenoxy) is 1. The topological polar surface area (TPSA) is 105 Å². The lowest BCUT2D eigenvalue weighted by Gasteiger charge is -2.33. The molecule has 3 aliphatic rings. The number of carbonyl (C=O) groups excluding carboxylic acids is 3. The number of carbonyl (C=O) groups is 3.